The monoisotopic (exact) mass is 421 g/mol. The Hall–Kier alpha value is -3.12. The molecule has 0 radical (unpaired) electrons. The minimum Gasteiger partial charge on any atom is -0.454 e. The molecule has 1 atom stereocenters. The number of nitrogens with one attached hydrogen (secondary N) is 1. The van der Waals surface area contributed by atoms with Crippen molar-refractivity contribution in [1.82, 2.24) is 5.32 Å². The quantitative estimate of drug-likeness (QED) is 0.602. The highest BCUT2D eigenvalue weighted by atomic mass is 32.2. The van der Waals surface area contributed by atoms with Crippen molar-refractivity contribution in [1.29, 1.82) is 0 Å². The molecular formula is C24H23NO4S. The van der Waals surface area contributed by atoms with E-state index in [0.29, 0.717) is 30.7 Å². The number of carbonyl (C=O) groups excluding carboxylic acids is 1. The third-order valence-electron chi connectivity index (χ3n) is 4.96. The van der Waals surface area contributed by atoms with E-state index in [1.165, 1.54) is 0 Å². The van der Waals surface area contributed by atoms with Gasteiger partial charge in [0.1, 0.15) is 0 Å². The molecule has 0 saturated carbocycles. The van der Waals surface area contributed by atoms with Crippen LogP contribution in [0.5, 0.6) is 11.5 Å². The molecule has 0 aromatic heterocycles. The fourth-order valence-corrected chi connectivity index (χ4v) is 4.47. The largest absolute Gasteiger partial charge is 0.454 e. The maximum atomic E-state index is 12.7. The second kappa shape index (κ2) is 9.59. The second-order valence-electron chi connectivity index (χ2n) is 6.96. The molecule has 1 aliphatic heterocycles. The predicted octanol–water partition coefficient (Wildman–Crippen LogP) is 3.74. The normalized spacial score (nSPS) is 13.1. The van der Waals surface area contributed by atoms with Crippen molar-refractivity contribution in [2.45, 2.75) is 17.7 Å². The Morgan fingerprint density at radius 1 is 0.900 bits per heavy atom. The van der Waals surface area contributed by atoms with E-state index in [2.05, 4.69) is 5.32 Å². The summed E-state index contributed by atoms with van der Waals surface area (Å²) in [5, 5.41) is 2.99. The number of ether oxygens (including phenoxy) is 2. The number of hydrogen-bond acceptors (Lipinski definition) is 4. The van der Waals surface area contributed by atoms with Crippen molar-refractivity contribution >= 4 is 16.7 Å². The van der Waals surface area contributed by atoms with Crippen LogP contribution in [0, 0.1) is 0 Å². The van der Waals surface area contributed by atoms with E-state index in [-0.39, 0.29) is 12.7 Å². The van der Waals surface area contributed by atoms with E-state index in [1.54, 1.807) is 0 Å². The third-order valence-corrected chi connectivity index (χ3v) is 6.33. The van der Waals surface area contributed by atoms with Gasteiger partial charge in [0.05, 0.1) is 10.8 Å². The molecule has 0 aliphatic carbocycles. The lowest BCUT2D eigenvalue weighted by molar-refractivity contribution is 0.0953. The first kappa shape index (κ1) is 20.2. The number of fused-ring (bicyclic) bond motifs is 1. The van der Waals surface area contributed by atoms with E-state index >= 15 is 0 Å². The van der Waals surface area contributed by atoms with Gasteiger partial charge in [-0.05, 0) is 54.3 Å². The van der Waals surface area contributed by atoms with Crippen LogP contribution in [-0.4, -0.2) is 29.2 Å². The van der Waals surface area contributed by atoms with Crippen LogP contribution in [0.2, 0.25) is 0 Å². The Labute approximate surface area is 178 Å². The van der Waals surface area contributed by atoms with E-state index in [9.17, 15) is 9.00 Å². The SMILES string of the molecule is O=C(NCCc1ccc2c(c1)OCO2)c1ccccc1CCS(=O)c1ccccc1. The van der Waals surface area contributed by atoms with Gasteiger partial charge in [-0.2, -0.15) is 0 Å². The number of amides is 1. The molecule has 0 fully saturated rings. The lowest BCUT2D eigenvalue weighted by Gasteiger charge is -2.11. The molecule has 5 nitrogen and oxygen atoms in total. The summed E-state index contributed by atoms with van der Waals surface area (Å²) >= 11 is 0. The molecule has 6 heteroatoms. The van der Waals surface area contributed by atoms with Gasteiger partial charge < -0.3 is 14.8 Å². The molecular weight excluding hydrogens is 398 g/mol. The fourth-order valence-electron chi connectivity index (χ4n) is 3.36. The molecule has 154 valence electrons. The Kier molecular flexibility index (Phi) is 6.44. The number of aryl methyl sites for hydroxylation is 1. The molecule has 3 aromatic carbocycles. The molecule has 1 unspecified atom stereocenters. The van der Waals surface area contributed by atoms with Gasteiger partial charge in [-0.25, -0.2) is 0 Å². The Bertz CT molecular complexity index is 1050. The Balaban J connectivity index is 1.33. The predicted molar refractivity (Wildman–Crippen MR) is 116 cm³/mol. The summed E-state index contributed by atoms with van der Waals surface area (Å²) < 4.78 is 23.2. The van der Waals surface area contributed by atoms with Crippen molar-refractivity contribution in [3.63, 3.8) is 0 Å². The summed E-state index contributed by atoms with van der Waals surface area (Å²) in [6.45, 7) is 0.768. The number of benzene rings is 3. The molecule has 1 N–H and O–H groups in total. The van der Waals surface area contributed by atoms with Crippen LogP contribution < -0.4 is 14.8 Å². The molecule has 1 heterocycles. The molecule has 0 saturated heterocycles. The van der Waals surface area contributed by atoms with E-state index in [4.69, 9.17) is 9.47 Å². The number of hydrogen-bond donors (Lipinski definition) is 1. The van der Waals surface area contributed by atoms with E-state index in [0.717, 1.165) is 27.5 Å². The first-order valence-corrected chi connectivity index (χ1v) is 11.2. The van der Waals surface area contributed by atoms with Crippen LogP contribution in [-0.2, 0) is 23.6 Å². The Morgan fingerprint density at radius 2 is 1.67 bits per heavy atom. The van der Waals surface area contributed by atoms with Crippen LogP contribution in [0.1, 0.15) is 21.5 Å². The van der Waals surface area contributed by atoms with Gasteiger partial charge in [0.2, 0.25) is 6.79 Å². The summed E-state index contributed by atoms with van der Waals surface area (Å²) in [6, 6.07) is 22.7. The summed E-state index contributed by atoms with van der Waals surface area (Å²) in [4.78, 5) is 13.5. The van der Waals surface area contributed by atoms with Crippen molar-refractivity contribution in [2.24, 2.45) is 0 Å². The lowest BCUT2D eigenvalue weighted by atomic mass is 10.0. The average Bonchev–Trinajstić information content (AvgIpc) is 3.26. The zero-order valence-electron chi connectivity index (χ0n) is 16.5. The van der Waals surface area contributed by atoms with Gasteiger partial charge in [-0.1, -0.05) is 42.5 Å². The third kappa shape index (κ3) is 4.89. The van der Waals surface area contributed by atoms with Gasteiger partial charge in [-0.3, -0.25) is 9.00 Å². The molecule has 1 amide bonds. The van der Waals surface area contributed by atoms with E-state index in [1.807, 2.05) is 72.8 Å². The van der Waals surface area contributed by atoms with Crippen LogP contribution in [0.15, 0.2) is 77.7 Å². The number of rotatable bonds is 8. The standard InChI is InChI=1S/C24H23NO4S/c26-24(25-14-12-18-10-11-22-23(16-18)29-17-28-22)21-9-5-4-6-19(21)13-15-30(27)20-7-2-1-3-8-20/h1-11,16H,12-15,17H2,(H,25,26). The topological polar surface area (TPSA) is 64.6 Å². The van der Waals surface area contributed by atoms with Crippen molar-refractivity contribution in [2.75, 3.05) is 19.1 Å². The molecule has 0 bridgehead atoms. The van der Waals surface area contributed by atoms with Crippen LogP contribution in [0.3, 0.4) is 0 Å². The molecule has 4 rings (SSSR count). The highest BCUT2D eigenvalue weighted by molar-refractivity contribution is 7.85. The summed E-state index contributed by atoms with van der Waals surface area (Å²) in [5.41, 5.74) is 2.61. The van der Waals surface area contributed by atoms with E-state index < -0.39 is 10.8 Å². The van der Waals surface area contributed by atoms with Crippen LogP contribution in [0.25, 0.3) is 0 Å². The first-order chi connectivity index (χ1) is 14.7. The summed E-state index contributed by atoms with van der Waals surface area (Å²) in [6.07, 6.45) is 1.27. The zero-order valence-corrected chi connectivity index (χ0v) is 17.3. The van der Waals surface area contributed by atoms with Gasteiger partial charge in [0.15, 0.2) is 11.5 Å². The van der Waals surface area contributed by atoms with Gasteiger partial charge in [0, 0.05) is 22.8 Å². The smallest absolute Gasteiger partial charge is 0.251 e. The zero-order chi connectivity index (χ0) is 20.8. The summed E-state index contributed by atoms with van der Waals surface area (Å²) in [5.74, 6) is 1.86. The number of carbonyl (C=O) groups is 1. The van der Waals surface area contributed by atoms with Gasteiger partial charge in [-0.15, -0.1) is 0 Å². The minimum absolute atomic E-state index is 0.114. The van der Waals surface area contributed by atoms with Crippen molar-refractivity contribution in [3.05, 3.63) is 89.5 Å². The average molecular weight is 422 g/mol. The molecule has 1 aliphatic rings. The highest BCUT2D eigenvalue weighted by Crippen LogP contribution is 2.32. The second-order valence-corrected chi connectivity index (χ2v) is 8.53. The maximum absolute atomic E-state index is 12.7. The van der Waals surface area contributed by atoms with Crippen molar-refractivity contribution < 1.29 is 18.5 Å². The highest BCUT2D eigenvalue weighted by Gasteiger charge is 2.14. The Morgan fingerprint density at radius 3 is 2.53 bits per heavy atom. The van der Waals surface area contributed by atoms with Crippen molar-refractivity contribution in [3.8, 4) is 11.5 Å². The van der Waals surface area contributed by atoms with Crippen LogP contribution in [0.4, 0.5) is 0 Å². The minimum atomic E-state index is -1.09. The maximum Gasteiger partial charge on any atom is 0.251 e. The van der Waals surface area contributed by atoms with Gasteiger partial charge >= 0.3 is 0 Å². The molecule has 30 heavy (non-hydrogen) atoms. The first-order valence-electron chi connectivity index (χ1n) is 9.89. The van der Waals surface area contributed by atoms with Crippen LogP contribution >= 0.6 is 0 Å². The van der Waals surface area contributed by atoms with Gasteiger partial charge in [0.25, 0.3) is 5.91 Å². The summed E-state index contributed by atoms with van der Waals surface area (Å²) in [7, 11) is -1.09. The molecule has 3 aromatic rings. The lowest BCUT2D eigenvalue weighted by Crippen LogP contribution is -2.27. The fraction of sp³-hybridized carbons (Fsp3) is 0.208. The molecule has 0 spiro atoms.